The Hall–Kier alpha value is -3.52. The highest BCUT2D eigenvalue weighted by molar-refractivity contribution is 5.75. The molecule has 0 radical (unpaired) electrons. The van der Waals surface area contributed by atoms with Gasteiger partial charge in [0.2, 0.25) is 5.88 Å². The van der Waals surface area contributed by atoms with Crippen molar-refractivity contribution in [3.63, 3.8) is 0 Å². The number of carbonyl (C=O) groups is 1. The summed E-state index contributed by atoms with van der Waals surface area (Å²) in [6.07, 6.45) is 2.87. The average Bonchev–Trinajstić information content (AvgIpc) is 3.51. The van der Waals surface area contributed by atoms with Crippen LogP contribution in [-0.4, -0.2) is 53.6 Å². The summed E-state index contributed by atoms with van der Waals surface area (Å²) < 4.78 is 19.2. The number of aryl methyl sites for hydroxylation is 1. The van der Waals surface area contributed by atoms with E-state index in [2.05, 4.69) is 5.32 Å². The summed E-state index contributed by atoms with van der Waals surface area (Å²) in [7, 11) is 3.49. The van der Waals surface area contributed by atoms with Crippen molar-refractivity contribution in [1.29, 1.82) is 0 Å². The highest BCUT2D eigenvalue weighted by Crippen LogP contribution is 2.35. The first kappa shape index (κ1) is 24.6. The molecule has 1 aromatic heterocycles. The number of ether oxygens (including phenoxy) is 3. The molecular formula is C27H34N4O4. The number of hydrogen-bond acceptors (Lipinski definition) is 5. The monoisotopic (exact) mass is 478 g/mol. The predicted octanol–water partition coefficient (Wildman–Crippen LogP) is 4.99. The second kappa shape index (κ2) is 11.8. The van der Waals surface area contributed by atoms with E-state index in [1.807, 2.05) is 73.5 Å². The fraction of sp³-hybridized carbons (Fsp3) is 0.407. The first-order chi connectivity index (χ1) is 17.1. The Morgan fingerprint density at radius 1 is 1.17 bits per heavy atom. The summed E-state index contributed by atoms with van der Waals surface area (Å²) in [5.74, 6) is 2.01. The molecule has 8 heteroatoms. The van der Waals surface area contributed by atoms with Crippen molar-refractivity contribution in [1.82, 2.24) is 20.0 Å². The van der Waals surface area contributed by atoms with Crippen molar-refractivity contribution in [3.8, 4) is 28.6 Å². The number of methoxy groups -OCH3 is 1. The molecule has 1 saturated heterocycles. The quantitative estimate of drug-likeness (QED) is 0.444. The molecule has 0 aliphatic carbocycles. The van der Waals surface area contributed by atoms with Crippen LogP contribution >= 0.6 is 0 Å². The van der Waals surface area contributed by atoms with Gasteiger partial charge in [-0.15, -0.1) is 0 Å². The summed E-state index contributed by atoms with van der Waals surface area (Å²) in [5.41, 5.74) is 2.60. The number of urea groups is 1. The second-order valence-corrected chi connectivity index (χ2v) is 8.65. The summed E-state index contributed by atoms with van der Waals surface area (Å²) in [5, 5.41) is 7.82. The maximum atomic E-state index is 13.2. The molecule has 0 spiro atoms. The van der Waals surface area contributed by atoms with Crippen LogP contribution in [0.5, 0.6) is 17.4 Å². The Kier molecular flexibility index (Phi) is 8.26. The fourth-order valence-corrected chi connectivity index (χ4v) is 4.19. The maximum absolute atomic E-state index is 13.2. The molecule has 2 heterocycles. The van der Waals surface area contributed by atoms with E-state index in [1.165, 1.54) is 0 Å². The molecule has 0 bridgehead atoms. The van der Waals surface area contributed by atoms with Crippen molar-refractivity contribution in [2.24, 2.45) is 7.05 Å². The summed E-state index contributed by atoms with van der Waals surface area (Å²) in [6.45, 7) is 4.26. The Balaban J connectivity index is 1.70. The van der Waals surface area contributed by atoms with Gasteiger partial charge >= 0.3 is 6.03 Å². The van der Waals surface area contributed by atoms with Gasteiger partial charge in [-0.25, -0.2) is 9.48 Å². The molecule has 1 aliphatic rings. The van der Waals surface area contributed by atoms with Crippen LogP contribution in [0.25, 0.3) is 11.3 Å². The summed E-state index contributed by atoms with van der Waals surface area (Å²) >= 11 is 0. The highest BCUT2D eigenvalue weighted by Gasteiger charge is 2.27. The zero-order valence-electron chi connectivity index (χ0n) is 20.7. The van der Waals surface area contributed by atoms with E-state index in [1.54, 1.807) is 11.8 Å². The first-order valence-corrected chi connectivity index (χ1v) is 12.2. The van der Waals surface area contributed by atoms with Crippen LogP contribution in [0.1, 0.15) is 31.7 Å². The van der Waals surface area contributed by atoms with Crippen LogP contribution in [-0.2, 0) is 18.3 Å². The zero-order valence-corrected chi connectivity index (χ0v) is 20.7. The van der Waals surface area contributed by atoms with Gasteiger partial charge in [-0.1, -0.05) is 37.3 Å². The van der Waals surface area contributed by atoms with Crippen molar-refractivity contribution < 1.29 is 19.0 Å². The van der Waals surface area contributed by atoms with E-state index in [4.69, 9.17) is 19.3 Å². The van der Waals surface area contributed by atoms with Crippen molar-refractivity contribution in [2.45, 2.75) is 38.8 Å². The lowest BCUT2D eigenvalue weighted by atomic mass is 10.1. The minimum absolute atomic E-state index is 0.0326. The van der Waals surface area contributed by atoms with Gasteiger partial charge in [-0.05, 0) is 43.5 Å². The normalized spacial score (nSPS) is 15.1. The van der Waals surface area contributed by atoms with Gasteiger partial charge < -0.3 is 24.4 Å². The molecule has 35 heavy (non-hydrogen) atoms. The molecule has 2 aromatic carbocycles. The Bertz CT molecular complexity index is 1090. The molecule has 186 valence electrons. The van der Waals surface area contributed by atoms with Gasteiger partial charge in [0, 0.05) is 32.3 Å². The molecule has 1 N–H and O–H groups in total. The molecule has 1 aliphatic heterocycles. The number of amides is 2. The molecular weight excluding hydrogens is 444 g/mol. The lowest BCUT2D eigenvalue weighted by Crippen LogP contribution is -2.43. The van der Waals surface area contributed by atoms with Gasteiger partial charge in [0.1, 0.15) is 17.2 Å². The number of nitrogens with zero attached hydrogens (tertiary/aromatic N) is 3. The topological polar surface area (TPSA) is 77.9 Å². The number of aromatic nitrogens is 2. The third-order valence-corrected chi connectivity index (χ3v) is 6.02. The number of carbonyl (C=O) groups excluding carboxylic acids is 1. The van der Waals surface area contributed by atoms with Crippen LogP contribution in [0.2, 0.25) is 0 Å². The van der Waals surface area contributed by atoms with Crippen molar-refractivity contribution in [3.05, 3.63) is 60.2 Å². The number of rotatable bonds is 10. The van der Waals surface area contributed by atoms with Crippen LogP contribution in [0, 0.1) is 0 Å². The SMILES string of the molecule is CCCNC(=O)N(Cc1c(-c2ccccc2)nn(C)c1Oc1ccc(OC)cc1)C[C@H]1CCCO1. The number of hydrogen-bond donors (Lipinski definition) is 1. The number of nitrogens with one attached hydrogen (secondary N) is 1. The molecule has 0 unspecified atom stereocenters. The molecule has 2 amide bonds. The van der Waals surface area contributed by atoms with Crippen LogP contribution in [0.15, 0.2) is 54.6 Å². The molecule has 4 rings (SSSR count). The second-order valence-electron chi connectivity index (χ2n) is 8.65. The molecule has 1 fully saturated rings. The van der Waals surface area contributed by atoms with Gasteiger partial charge in [-0.3, -0.25) is 0 Å². The third-order valence-electron chi connectivity index (χ3n) is 6.02. The zero-order chi connectivity index (χ0) is 24.6. The van der Waals surface area contributed by atoms with Gasteiger partial charge in [0.05, 0.1) is 25.3 Å². The smallest absolute Gasteiger partial charge is 0.317 e. The van der Waals surface area contributed by atoms with E-state index in [9.17, 15) is 4.79 Å². The predicted molar refractivity (Wildman–Crippen MR) is 135 cm³/mol. The van der Waals surface area contributed by atoms with E-state index in [-0.39, 0.29) is 12.1 Å². The van der Waals surface area contributed by atoms with E-state index in [0.29, 0.717) is 31.3 Å². The summed E-state index contributed by atoms with van der Waals surface area (Å²) in [6, 6.07) is 17.3. The van der Waals surface area contributed by atoms with E-state index < -0.39 is 0 Å². The molecule has 1 atom stereocenters. The van der Waals surface area contributed by atoms with Crippen LogP contribution < -0.4 is 14.8 Å². The minimum atomic E-state index is -0.111. The first-order valence-electron chi connectivity index (χ1n) is 12.2. The van der Waals surface area contributed by atoms with Gasteiger partial charge in [0.15, 0.2) is 0 Å². The van der Waals surface area contributed by atoms with Crippen LogP contribution in [0.4, 0.5) is 4.79 Å². The Morgan fingerprint density at radius 3 is 2.57 bits per heavy atom. The average molecular weight is 479 g/mol. The molecule has 3 aromatic rings. The van der Waals surface area contributed by atoms with Crippen molar-refractivity contribution in [2.75, 3.05) is 26.8 Å². The van der Waals surface area contributed by atoms with Gasteiger partial charge in [0.25, 0.3) is 0 Å². The number of benzene rings is 2. The lowest BCUT2D eigenvalue weighted by molar-refractivity contribution is 0.0793. The summed E-state index contributed by atoms with van der Waals surface area (Å²) in [4.78, 5) is 15.0. The lowest BCUT2D eigenvalue weighted by Gasteiger charge is -2.26. The molecule has 8 nitrogen and oxygen atoms in total. The fourth-order valence-electron chi connectivity index (χ4n) is 4.19. The Labute approximate surface area is 206 Å². The third kappa shape index (κ3) is 6.14. The standard InChI is InChI=1S/C27H34N4O4/c1-4-16-28-27(32)31(18-23-11-8-17-34-23)19-24-25(20-9-6-5-7-10-20)29-30(2)26(24)35-22-14-12-21(33-3)13-15-22/h5-7,9-10,12-15,23H,4,8,11,16-19H2,1-3H3,(H,28,32)/t23-/m1/s1. The van der Waals surface area contributed by atoms with Gasteiger partial charge in [-0.2, -0.15) is 5.10 Å². The maximum Gasteiger partial charge on any atom is 0.317 e. The van der Waals surface area contributed by atoms with Crippen LogP contribution in [0.3, 0.4) is 0 Å². The minimum Gasteiger partial charge on any atom is -0.497 e. The highest BCUT2D eigenvalue weighted by atomic mass is 16.5. The Morgan fingerprint density at radius 2 is 1.91 bits per heavy atom. The van der Waals surface area contributed by atoms with Crippen molar-refractivity contribution >= 4 is 6.03 Å². The largest absolute Gasteiger partial charge is 0.497 e. The van der Waals surface area contributed by atoms with E-state index >= 15 is 0 Å². The van der Waals surface area contributed by atoms with E-state index in [0.717, 1.165) is 48.4 Å². The molecule has 0 saturated carbocycles.